The average molecular weight is 299 g/mol. The zero-order chi connectivity index (χ0) is 15.5. The molecule has 0 spiro atoms. The van der Waals surface area contributed by atoms with Crippen LogP contribution in [-0.2, 0) is 10.0 Å². The largest absolute Gasteiger partial charge is 0.377 e. The summed E-state index contributed by atoms with van der Waals surface area (Å²) in [4.78, 5) is 13.6. The van der Waals surface area contributed by atoms with Crippen molar-refractivity contribution in [3.63, 3.8) is 0 Å². The summed E-state index contributed by atoms with van der Waals surface area (Å²) in [5.74, 6) is -0.311. The maximum atomic E-state index is 12.0. The molecule has 6 nitrogen and oxygen atoms in total. The van der Waals surface area contributed by atoms with E-state index in [9.17, 15) is 13.2 Å². The predicted molar refractivity (Wildman–Crippen MR) is 79.4 cm³/mol. The molecule has 0 aliphatic carbocycles. The van der Waals surface area contributed by atoms with Gasteiger partial charge < -0.3 is 10.2 Å². The minimum absolute atomic E-state index is 0.0222. The molecule has 0 radical (unpaired) electrons. The molecule has 1 aromatic rings. The molecule has 1 unspecified atom stereocenters. The van der Waals surface area contributed by atoms with Crippen molar-refractivity contribution in [2.24, 2.45) is 5.14 Å². The Labute approximate surface area is 120 Å². The Morgan fingerprint density at radius 1 is 1.40 bits per heavy atom. The number of sulfonamides is 1. The number of carbonyl (C=O) groups excluding carboxylic acids is 1. The SMILES string of the molecule is CCC(C)NC(=O)c1ccc(N(C)C)c(S(N)(=O)=O)c1. The highest BCUT2D eigenvalue weighted by atomic mass is 32.2. The normalized spacial score (nSPS) is 12.8. The van der Waals surface area contributed by atoms with Gasteiger partial charge in [0.1, 0.15) is 4.90 Å². The monoisotopic (exact) mass is 299 g/mol. The number of carbonyl (C=O) groups is 1. The fourth-order valence-electron chi connectivity index (χ4n) is 1.66. The Hall–Kier alpha value is -1.60. The van der Waals surface area contributed by atoms with E-state index in [0.29, 0.717) is 5.69 Å². The van der Waals surface area contributed by atoms with Crippen LogP contribution in [0, 0.1) is 0 Å². The van der Waals surface area contributed by atoms with Gasteiger partial charge in [-0.1, -0.05) is 6.92 Å². The molecule has 0 saturated carbocycles. The first kappa shape index (κ1) is 16.5. The van der Waals surface area contributed by atoms with E-state index in [2.05, 4.69) is 5.32 Å². The third-order valence-corrected chi connectivity index (χ3v) is 3.94. The van der Waals surface area contributed by atoms with Gasteiger partial charge in [-0.25, -0.2) is 13.6 Å². The van der Waals surface area contributed by atoms with Crippen molar-refractivity contribution >= 4 is 21.6 Å². The van der Waals surface area contributed by atoms with Crippen molar-refractivity contribution in [2.45, 2.75) is 31.2 Å². The van der Waals surface area contributed by atoms with Crippen molar-refractivity contribution in [3.8, 4) is 0 Å². The molecule has 0 aromatic heterocycles. The summed E-state index contributed by atoms with van der Waals surface area (Å²) >= 11 is 0. The number of amides is 1. The van der Waals surface area contributed by atoms with E-state index in [-0.39, 0.29) is 22.4 Å². The summed E-state index contributed by atoms with van der Waals surface area (Å²) in [6.07, 6.45) is 0.795. The van der Waals surface area contributed by atoms with Crippen LogP contribution in [-0.4, -0.2) is 34.5 Å². The molecule has 0 saturated heterocycles. The third-order valence-electron chi connectivity index (χ3n) is 3.00. The number of benzene rings is 1. The molecule has 0 fully saturated rings. The molecular weight excluding hydrogens is 278 g/mol. The van der Waals surface area contributed by atoms with Crippen LogP contribution in [0.1, 0.15) is 30.6 Å². The number of hydrogen-bond acceptors (Lipinski definition) is 4. The standard InChI is InChI=1S/C13H21N3O3S/c1-5-9(2)15-13(17)10-6-7-11(16(3)4)12(8-10)20(14,18)19/h6-9H,5H2,1-4H3,(H,15,17)(H2,14,18,19). The number of nitrogens with zero attached hydrogens (tertiary/aromatic N) is 1. The lowest BCUT2D eigenvalue weighted by Crippen LogP contribution is -2.32. The molecule has 1 atom stereocenters. The number of rotatable bonds is 5. The van der Waals surface area contributed by atoms with Crippen LogP contribution < -0.4 is 15.4 Å². The highest BCUT2D eigenvalue weighted by molar-refractivity contribution is 7.89. The fraction of sp³-hybridized carbons (Fsp3) is 0.462. The maximum Gasteiger partial charge on any atom is 0.251 e. The van der Waals surface area contributed by atoms with Crippen LogP contribution in [0.15, 0.2) is 23.1 Å². The highest BCUT2D eigenvalue weighted by Crippen LogP contribution is 2.24. The number of anilines is 1. The Balaban J connectivity index is 3.23. The first-order valence-electron chi connectivity index (χ1n) is 6.31. The molecule has 112 valence electrons. The summed E-state index contributed by atoms with van der Waals surface area (Å²) in [6, 6.07) is 4.49. The quantitative estimate of drug-likeness (QED) is 0.846. The van der Waals surface area contributed by atoms with Gasteiger partial charge in [0.05, 0.1) is 5.69 Å². The van der Waals surface area contributed by atoms with Crippen LogP contribution in [0.2, 0.25) is 0 Å². The number of hydrogen-bond donors (Lipinski definition) is 2. The second-order valence-corrected chi connectivity index (χ2v) is 6.43. The summed E-state index contributed by atoms with van der Waals surface area (Å²) in [5, 5.41) is 7.99. The lowest BCUT2D eigenvalue weighted by atomic mass is 10.1. The van der Waals surface area contributed by atoms with E-state index < -0.39 is 10.0 Å². The van der Waals surface area contributed by atoms with Crippen molar-refractivity contribution in [1.29, 1.82) is 0 Å². The Morgan fingerprint density at radius 3 is 2.45 bits per heavy atom. The molecule has 3 N–H and O–H groups in total. The van der Waals surface area contributed by atoms with Gasteiger partial charge in [-0.05, 0) is 31.5 Å². The summed E-state index contributed by atoms with van der Waals surface area (Å²) in [7, 11) is -0.468. The molecular formula is C13H21N3O3S. The van der Waals surface area contributed by atoms with Gasteiger partial charge in [0.25, 0.3) is 5.91 Å². The van der Waals surface area contributed by atoms with E-state index in [1.165, 1.54) is 6.07 Å². The van der Waals surface area contributed by atoms with Crippen molar-refractivity contribution < 1.29 is 13.2 Å². The molecule has 20 heavy (non-hydrogen) atoms. The van der Waals surface area contributed by atoms with E-state index in [1.54, 1.807) is 31.1 Å². The van der Waals surface area contributed by atoms with Crippen LogP contribution >= 0.6 is 0 Å². The minimum Gasteiger partial charge on any atom is -0.377 e. The average Bonchev–Trinajstić information content (AvgIpc) is 2.36. The summed E-state index contributed by atoms with van der Waals surface area (Å²) in [5.41, 5.74) is 0.729. The zero-order valence-electron chi connectivity index (χ0n) is 12.2. The smallest absolute Gasteiger partial charge is 0.251 e. The van der Waals surface area contributed by atoms with Crippen LogP contribution in [0.3, 0.4) is 0 Å². The molecule has 1 rings (SSSR count). The number of nitrogens with two attached hydrogens (primary N) is 1. The topological polar surface area (TPSA) is 92.5 Å². The molecule has 0 aliphatic rings. The van der Waals surface area contributed by atoms with Crippen LogP contribution in [0.25, 0.3) is 0 Å². The molecule has 0 aliphatic heterocycles. The van der Waals surface area contributed by atoms with Gasteiger partial charge in [-0.3, -0.25) is 4.79 Å². The van der Waals surface area contributed by atoms with Gasteiger partial charge in [0, 0.05) is 25.7 Å². The number of nitrogens with one attached hydrogen (secondary N) is 1. The Kier molecular flexibility index (Phi) is 5.13. The lowest BCUT2D eigenvalue weighted by molar-refractivity contribution is 0.0939. The molecule has 1 amide bonds. The fourth-order valence-corrected chi connectivity index (χ4v) is 2.50. The summed E-state index contributed by atoms with van der Waals surface area (Å²) < 4.78 is 23.3. The molecule has 1 aromatic carbocycles. The van der Waals surface area contributed by atoms with Gasteiger partial charge in [0.2, 0.25) is 10.0 Å². The second kappa shape index (κ2) is 6.23. The third kappa shape index (κ3) is 3.94. The second-order valence-electron chi connectivity index (χ2n) is 4.90. The lowest BCUT2D eigenvalue weighted by Gasteiger charge is -2.18. The molecule has 7 heteroatoms. The predicted octanol–water partition coefficient (Wildman–Crippen LogP) is 0.928. The first-order valence-corrected chi connectivity index (χ1v) is 7.86. The van der Waals surface area contributed by atoms with E-state index in [1.807, 2.05) is 13.8 Å². The Bertz CT molecular complexity index is 597. The van der Waals surface area contributed by atoms with E-state index >= 15 is 0 Å². The Morgan fingerprint density at radius 2 is 2.00 bits per heavy atom. The molecule has 0 bridgehead atoms. The van der Waals surface area contributed by atoms with E-state index in [4.69, 9.17) is 5.14 Å². The van der Waals surface area contributed by atoms with Gasteiger partial charge in [0.15, 0.2) is 0 Å². The van der Waals surface area contributed by atoms with Crippen LogP contribution in [0.4, 0.5) is 5.69 Å². The van der Waals surface area contributed by atoms with Gasteiger partial charge in [-0.15, -0.1) is 0 Å². The van der Waals surface area contributed by atoms with Crippen molar-refractivity contribution in [1.82, 2.24) is 5.32 Å². The highest BCUT2D eigenvalue weighted by Gasteiger charge is 2.19. The minimum atomic E-state index is -3.89. The van der Waals surface area contributed by atoms with Crippen molar-refractivity contribution in [3.05, 3.63) is 23.8 Å². The summed E-state index contributed by atoms with van der Waals surface area (Å²) in [6.45, 7) is 3.84. The van der Waals surface area contributed by atoms with Gasteiger partial charge >= 0.3 is 0 Å². The van der Waals surface area contributed by atoms with E-state index in [0.717, 1.165) is 6.42 Å². The van der Waals surface area contributed by atoms with Gasteiger partial charge in [-0.2, -0.15) is 0 Å². The first-order chi connectivity index (χ1) is 9.16. The van der Waals surface area contributed by atoms with Crippen molar-refractivity contribution in [2.75, 3.05) is 19.0 Å². The van der Waals surface area contributed by atoms with Crippen LogP contribution in [0.5, 0.6) is 0 Å². The maximum absolute atomic E-state index is 12.0. The number of primary sulfonamides is 1. The zero-order valence-corrected chi connectivity index (χ0v) is 13.0. The molecule has 0 heterocycles.